The van der Waals surface area contributed by atoms with Crippen LogP contribution in [0.25, 0.3) is 10.9 Å². The number of nitrogen functional groups attached to an aromatic ring is 1. The Morgan fingerprint density at radius 3 is 2.55 bits per heavy atom. The van der Waals surface area contributed by atoms with Crippen molar-refractivity contribution in [3.05, 3.63) is 45.3 Å². The van der Waals surface area contributed by atoms with Crippen molar-refractivity contribution in [3.63, 3.8) is 0 Å². The Bertz CT molecular complexity index is 1130. The maximum absolute atomic E-state index is 12.0. The molecule has 0 aliphatic rings. The maximum Gasteiger partial charge on any atom is 0.252 e. The van der Waals surface area contributed by atoms with Crippen LogP contribution in [0.1, 0.15) is 42.4 Å². The zero-order valence-electron chi connectivity index (χ0n) is 16.4. The van der Waals surface area contributed by atoms with E-state index in [9.17, 15) is 4.79 Å². The average Bonchev–Trinajstić information content (AvgIpc) is 2.95. The minimum atomic E-state index is -0.323. The minimum Gasteiger partial charge on any atom is -0.383 e. The summed E-state index contributed by atoms with van der Waals surface area (Å²) in [5.41, 5.74) is 7.30. The molecular formula is C19H21Cl2N7O. The molecule has 0 unspecified atom stereocenters. The molecule has 0 aliphatic heterocycles. The lowest BCUT2D eigenvalue weighted by Gasteiger charge is -2.23. The molecule has 6 N–H and O–H groups in total. The number of carbonyl (C=O) groups is 1. The number of anilines is 2. The molecule has 3 aromatic rings. The molecule has 2 aromatic heterocycles. The van der Waals surface area contributed by atoms with Gasteiger partial charge in [-0.05, 0) is 32.9 Å². The van der Waals surface area contributed by atoms with E-state index in [1.807, 2.05) is 20.8 Å². The van der Waals surface area contributed by atoms with E-state index in [-0.39, 0.29) is 28.0 Å². The van der Waals surface area contributed by atoms with Crippen molar-refractivity contribution in [2.45, 2.75) is 26.3 Å². The molecule has 1 amide bonds. The first-order valence-corrected chi connectivity index (χ1v) is 9.50. The van der Waals surface area contributed by atoms with Crippen molar-refractivity contribution in [2.75, 3.05) is 18.1 Å². The van der Waals surface area contributed by atoms with Gasteiger partial charge in [0.2, 0.25) is 0 Å². The van der Waals surface area contributed by atoms with E-state index < -0.39 is 0 Å². The number of nitrogens with zero attached hydrogens (tertiary/aromatic N) is 2. The summed E-state index contributed by atoms with van der Waals surface area (Å²) in [7, 11) is 1.52. The van der Waals surface area contributed by atoms with Crippen LogP contribution in [-0.2, 0) is 0 Å². The third kappa shape index (κ3) is 3.99. The summed E-state index contributed by atoms with van der Waals surface area (Å²) in [4.78, 5) is 23.4. The van der Waals surface area contributed by atoms with E-state index in [1.165, 1.54) is 13.4 Å². The number of nitrogens with two attached hydrogens (primary N) is 1. The molecule has 0 saturated heterocycles. The lowest BCUT2D eigenvalue weighted by molar-refractivity contribution is 0.0963. The lowest BCUT2D eigenvalue weighted by Crippen LogP contribution is -2.28. The highest BCUT2D eigenvalue weighted by Crippen LogP contribution is 2.34. The van der Waals surface area contributed by atoms with Crippen LogP contribution in [0.15, 0.2) is 18.5 Å². The minimum absolute atomic E-state index is 0.0219. The van der Waals surface area contributed by atoms with Gasteiger partial charge in [0, 0.05) is 23.5 Å². The lowest BCUT2D eigenvalue weighted by atomic mass is 10.1. The van der Waals surface area contributed by atoms with Crippen molar-refractivity contribution < 1.29 is 4.79 Å². The highest BCUT2D eigenvalue weighted by Gasteiger charge is 2.24. The van der Waals surface area contributed by atoms with E-state index in [4.69, 9.17) is 34.3 Å². The number of rotatable bonds is 4. The molecule has 0 radical (unpaired) electrons. The van der Waals surface area contributed by atoms with Crippen molar-refractivity contribution >= 4 is 57.4 Å². The van der Waals surface area contributed by atoms with Crippen LogP contribution in [0.2, 0.25) is 10.0 Å². The van der Waals surface area contributed by atoms with E-state index in [1.54, 1.807) is 12.1 Å². The van der Waals surface area contributed by atoms with Crippen LogP contribution in [-0.4, -0.2) is 39.2 Å². The van der Waals surface area contributed by atoms with Gasteiger partial charge in [-0.15, -0.1) is 0 Å². The fourth-order valence-electron chi connectivity index (χ4n) is 2.88. The normalized spacial score (nSPS) is 11.5. The van der Waals surface area contributed by atoms with Gasteiger partial charge in [-0.2, -0.15) is 0 Å². The summed E-state index contributed by atoms with van der Waals surface area (Å²) in [6.07, 6.45) is 1.34. The summed E-state index contributed by atoms with van der Waals surface area (Å²) in [5.74, 6) is 0.251. The molecule has 0 atom stereocenters. The molecule has 0 aliphatic carbocycles. The van der Waals surface area contributed by atoms with Crippen LogP contribution in [0.3, 0.4) is 0 Å². The Kier molecular flexibility index (Phi) is 5.42. The zero-order chi connectivity index (χ0) is 21.5. The molecule has 2 heterocycles. The molecule has 8 nitrogen and oxygen atoms in total. The third-order valence-corrected chi connectivity index (χ3v) is 4.87. The Hall–Kier alpha value is -2.84. The standard InChI is InChI=1S/C19H21Cl2N7O/c1-19(2,3)28-17-12(16(23)25-7-26-17)14(22)15-13(21)9-5-10(20)8(18(29)24-4)6-11(9)27-15/h5-7,22,27H,1-4H3,(H,24,29)(H3,23,25,26,28). The van der Waals surface area contributed by atoms with Crippen LogP contribution in [0, 0.1) is 5.41 Å². The fraction of sp³-hybridized carbons (Fsp3) is 0.263. The number of nitrogens with one attached hydrogen (secondary N) is 4. The van der Waals surface area contributed by atoms with Crippen LogP contribution in [0.5, 0.6) is 0 Å². The zero-order valence-corrected chi connectivity index (χ0v) is 17.9. The van der Waals surface area contributed by atoms with Gasteiger partial charge in [-0.1, -0.05) is 23.2 Å². The summed E-state index contributed by atoms with van der Waals surface area (Å²) in [6.45, 7) is 5.91. The second-order valence-electron chi connectivity index (χ2n) is 7.50. The molecule has 152 valence electrons. The summed E-state index contributed by atoms with van der Waals surface area (Å²) >= 11 is 12.8. The molecule has 0 saturated carbocycles. The van der Waals surface area contributed by atoms with Gasteiger partial charge >= 0.3 is 0 Å². The predicted molar refractivity (Wildman–Crippen MR) is 117 cm³/mol. The molecule has 0 bridgehead atoms. The molecular weight excluding hydrogens is 413 g/mol. The van der Waals surface area contributed by atoms with Crippen molar-refractivity contribution in [1.29, 1.82) is 5.41 Å². The number of benzene rings is 1. The Morgan fingerprint density at radius 1 is 1.24 bits per heavy atom. The number of hydrogen-bond acceptors (Lipinski definition) is 6. The number of carbonyl (C=O) groups excluding carboxylic acids is 1. The number of aromatic nitrogens is 3. The van der Waals surface area contributed by atoms with E-state index in [2.05, 4.69) is 25.6 Å². The summed E-state index contributed by atoms with van der Waals surface area (Å²) in [6, 6.07) is 3.19. The molecule has 3 rings (SSSR count). The van der Waals surface area contributed by atoms with Gasteiger partial charge in [0.1, 0.15) is 18.0 Å². The molecule has 0 spiro atoms. The number of aromatic amines is 1. The Labute approximate surface area is 177 Å². The Morgan fingerprint density at radius 2 is 1.93 bits per heavy atom. The van der Waals surface area contributed by atoms with Gasteiger partial charge in [-0.25, -0.2) is 9.97 Å². The van der Waals surface area contributed by atoms with Crippen molar-refractivity contribution in [3.8, 4) is 0 Å². The summed E-state index contributed by atoms with van der Waals surface area (Å²) in [5, 5.41) is 15.6. The number of amides is 1. The maximum atomic E-state index is 12.0. The second kappa shape index (κ2) is 7.53. The van der Waals surface area contributed by atoms with Crippen LogP contribution in [0.4, 0.5) is 11.6 Å². The first kappa shape index (κ1) is 20.9. The third-order valence-electron chi connectivity index (χ3n) is 4.16. The van der Waals surface area contributed by atoms with Crippen LogP contribution >= 0.6 is 23.2 Å². The number of H-pyrrole nitrogens is 1. The smallest absolute Gasteiger partial charge is 0.252 e. The predicted octanol–water partition coefficient (Wildman–Crippen LogP) is 3.83. The van der Waals surface area contributed by atoms with E-state index in [0.29, 0.717) is 38.6 Å². The highest BCUT2D eigenvalue weighted by atomic mass is 35.5. The van der Waals surface area contributed by atoms with Gasteiger partial charge in [0.15, 0.2) is 0 Å². The SMILES string of the molecule is CNC(=O)c1cc2[nH]c(C(=N)c3c(N)ncnc3NC(C)(C)C)c(Cl)c2cc1Cl. The quantitative estimate of drug-likeness (QED) is 0.398. The van der Waals surface area contributed by atoms with E-state index >= 15 is 0 Å². The van der Waals surface area contributed by atoms with Gasteiger partial charge in [-0.3, -0.25) is 10.2 Å². The monoisotopic (exact) mass is 433 g/mol. The summed E-state index contributed by atoms with van der Waals surface area (Å²) < 4.78 is 0. The van der Waals surface area contributed by atoms with E-state index in [0.717, 1.165) is 0 Å². The molecule has 0 fully saturated rings. The Balaban J connectivity index is 2.16. The largest absolute Gasteiger partial charge is 0.383 e. The number of halogens is 2. The highest BCUT2D eigenvalue weighted by molar-refractivity contribution is 6.41. The first-order chi connectivity index (χ1) is 13.5. The van der Waals surface area contributed by atoms with Crippen LogP contribution < -0.4 is 16.4 Å². The average molecular weight is 434 g/mol. The molecule has 29 heavy (non-hydrogen) atoms. The first-order valence-electron chi connectivity index (χ1n) is 8.74. The molecule has 10 heteroatoms. The molecule has 1 aromatic carbocycles. The number of hydrogen-bond donors (Lipinski definition) is 5. The van der Waals surface area contributed by atoms with Crippen molar-refractivity contribution in [1.82, 2.24) is 20.3 Å². The van der Waals surface area contributed by atoms with Crippen molar-refractivity contribution in [2.24, 2.45) is 0 Å². The van der Waals surface area contributed by atoms with Gasteiger partial charge < -0.3 is 21.4 Å². The van der Waals surface area contributed by atoms with Gasteiger partial charge in [0.25, 0.3) is 5.91 Å². The number of fused-ring (bicyclic) bond motifs is 1. The van der Waals surface area contributed by atoms with Gasteiger partial charge in [0.05, 0.1) is 32.6 Å². The second-order valence-corrected chi connectivity index (χ2v) is 8.29. The fourth-order valence-corrected chi connectivity index (χ4v) is 3.43. The topological polar surface area (TPSA) is 133 Å².